The van der Waals surface area contributed by atoms with Gasteiger partial charge in [0.2, 0.25) is 0 Å². The number of aliphatic hydroxyl groups excluding tert-OH is 1. The zero-order valence-corrected chi connectivity index (χ0v) is 21.8. The number of carbonyl (C=O) groups is 1. The lowest BCUT2D eigenvalue weighted by atomic mass is 9.99. The molecule has 4 rings (SSSR count). The number of benzene rings is 3. The number of carbonyl (C=O) groups excluding carboxylic acids is 1. The lowest BCUT2D eigenvalue weighted by molar-refractivity contribution is -0.253. The van der Waals surface area contributed by atoms with E-state index in [9.17, 15) is 9.90 Å². The third-order valence-corrected chi connectivity index (χ3v) is 6.83. The first kappa shape index (κ1) is 26.8. The van der Waals surface area contributed by atoms with Crippen LogP contribution in [-0.2, 0) is 16.1 Å². The fourth-order valence-corrected chi connectivity index (χ4v) is 4.56. The van der Waals surface area contributed by atoms with E-state index in [2.05, 4.69) is 53.8 Å². The van der Waals surface area contributed by atoms with Crippen molar-refractivity contribution in [1.82, 2.24) is 10.2 Å². The van der Waals surface area contributed by atoms with Crippen molar-refractivity contribution in [3.8, 4) is 0 Å². The minimum atomic E-state index is -0.541. The Bertz CT molecular complexity index is 1120. The summed E-state index contributed by atoms with van der Waals surface area (Å²) in [5.41, 5.74) is 4.79. The fraction of sp³-hybridized carbons (Fsp3) is 0.367. The van der Waals surface area contributed by atoms with Gasteiger partial charge in [-0.05, 0) is 49.7 Å². The summed E-state index contributed by atoms with van der Waals surface area (Å²) in [6.45, 7) is 5.41. The Hall–Kier alpha value is -3.23. The van der Waals surface area contributed by atoms with Crippen LogP contribution in [0, 0.1) is 0 Å². The van der Waals surface area contributed by atoms with Gasteiger partial charge < -0.3 is 25.2 Å². The smallest absolute Gasteiger partial charge is 0.319 e. The quantitative estimate of drug-likeness (QED) is 0.356. The highest BCUT2D eigenvalue weighted by molar-refractivity contribution is 5.89. The normalized spacial score (nSPS) is 20.4. The molecule has 3 aromatic carbocycles. The Morgan fingerprint density at radius 3 is 2.32 bits per heavy atom. The molecular formula is C30H37N3O4. The van der Waals surface area contributed by atoms with Crippen LogP contribution in [0.15, 0.2) is 78.9 Å². The number of nitrogens with zero attached hydrogens (tertiary/aromatic N) is 1. The highest BCUT2D eigenvalue weighted by atomic mass is 16.7. The van der Waals surface area contributed by atoms with Crippen molar-refractivity contribution in [3.05, 3.63) is 101 Å². The van der Waals surface area contributed by atoms with E-state index in [0.717, 1.165) is 29.7 Å². The topological polar surface area (TPSA) is 83.1 Å². The van der Waals surface area contributed by atoms with Gasteiger partial charge in [0.15, 0.2) is 6.29 Å². The van der Waals surface area contributed by atoms with Gasteiger partial charge in [-0.15, -0.1) is 0 Å². The van der Waals surface area contributed by atoms with E-state index in [1.807, 2.05) is 61.5 Å². The molecule has 1 saturated heterocycles. The number of anilines is 1. The molecule has 1 fully saturated rings. The summed E-state index contributed by atoms with van der Waals surface area (Å²) >= 11 is 0. The van der Waals surface area contributed by atoms with Gasteiger partial charge in [0.1, 0.15) is 0 Å². The average Bonchev–Trinajstić information content (AvgIpc) is 2.93. The Morgan fingerprint density at radius 2 is 1.68 bits per heavy atom. The van der Waals surface area contributed by atoms with E-state index >= 15 is 0 Å². The summed E-state index contributed by atoms with van der Waals surface area (Å²) in [4.78, 5) is 14.2. The molecule has 0 aromatic heterocycles. The Kier molecular flexibility index (Phi) is 9.30. The van der Waals surface area contributed by atoms with E-state index in [0.29, 0.717) is 12.2 Å². The van der Waals surface area contributed by atoms with E-state index in [4.69, 9.17) is 9.47 Å². The van der Waals surface area contributed by atoms with E-state index < -0.39 is 6.29 Å². The summed E-state index contributed by atoms with van der Waals surface area (Å²) in [6.07, 6.45) is -0.0201. The van der Waals surface area contributed by atoms with Gasteiger partial charge in [-0.1, -0.05) is 66.7 Å². The number of ether oxygens (including phenoxy) is 2. The van der Waals surface area contributed by atoms with Crippen molar-refractivity contribution >= 4 is 11.7 Å². The first-order valence-electron chi connectivity index (χ1n) is 12.9. The lowest BCUT2D eigenvalue weighted by Gasteiger charge is -2.39. The molecule has 7 nitrogen and oxygen atoms in total. The third-order valence-electron chi connectivity index (χ3n) is 6.83. The molecule has 2 amide bonds. The number of aliphatic hydroxyl groups is 1. The molecule has 0 bridgehead atoms. The van der Waals surface area contributed by atoms with E-state index in [-0.39, 0.29) is 30.9 Å². The van der Waals surface area contributed by atoms with Gasteiger partial charge in [0.05, 0.1) is 18.8 Å². The van der Waals surface area contributed by atoms with Crippen LogP contribution in [0.2, 0.25) is 0 Å². The molecule has 3 aromatic rings. The molecule has 0 saturated carbocycles. The molecule has 7 heteroatoms. The largest absolute Gasteiger partial charge is 0.392 e. The highest BCUT2D eigenvalue weighted by Gasteiger charge is 2.33. The summed E-state index contributed by atoms with van der Waals surface area (Å²) < 4.78 is 12.9. The maximum absolute atomic E-state index is 11.9. The first-order valence-corrected chi connectivity index (χ1v) is 12.9. The minimum absolute atomic E-state index is 0.0129. The SMILES string of the molecule is CCNC(=O)Nc1ccc([C@@H]2O[C@H](CN(C)[C@@H](C)c3ccccc3)C[C@H](c3ccc(CO)cc3)O2)cc1. The second kappa shape index (κ2) is 12.8. The molecule has 37 heavy (non-hydrogen) atoms. The molecule has 0 aliphatic carbocycles. The number of hydrogen-bond donors (Lipinski definition) is 3. The Labute approximate surface area is 219 Å². The number of rotatable bonds is 9. The van der Waals surface area contributed by atoms with Crippen molar-refractivity contribution in [2.24, 2.45) is 0 Å². The zero-order valence-electron chi connectivity index (χ0n) is 21.8. The van der Waals surface area contributed by atoms with Crippen molar-refractivity contribution < 1.29 is 19.4 Å². The van der Waals surface area contributed by atoms with E-state index in [1.165, 1.54) is 5.56 Å². The second-order valence-corrected chi connectivity index (χ2v) is 9.48. The van der Waals surface area contributed by atoms with Gasteiger partial charge >= 0.3 is 6.03 Å². The summed E-state index contributed by atoms with van der Waals surface area (Å²) in [5.74, 6) is 0. The van der Waals surface area contributed by atoms with Crippen molar-refractivity contribution in [3.63, 3.8) is 0 Å². The molecule has 3 N–H and O–H groups in total. The lowest BCUT2D eigenvalue weighted by Crippen LogP contribution is -2.38. The molecule has 196 valence electrons. The second-order valence-electron chi connectivity index (χ2n) is 9.48. The monoisotopic (exact) mass is 503 g/mol. The van der Waals surface area contributed by atoms with Gasteiger partial charge in [-0.3, -0.25) is 4.90 Å². The number of likely N-dealkylation sites (N-methyl/N-ethyl adjacent to an activating group) is 1. The molecule has 1 aliphatic rings. The predicted molar refractivity (Wildman–Crippen MR) is 145 cm³/mol. The van der Waals surface area contributed by atoms with Crippen LogP contribution < -0.4 is 10.6 Å². The third kappa shape index (κ3) is 7.17. The number of amides is 2. The van der Waals surface area contributed by atoms with Crippen LogP contribution in [0.4, 0.5) is 10.5 Å². The first-order chi connectivity index (χ1) is 18.0. The molecular weight excluding hydrogens is 466 g/mol. The van der Waals surface area contributed by atoms with Crippen LogP contribution >= 0.6 is 0 Å². The van der Waals surface area contributed by atoms with Crippen LogP contribution in [-0.4, -0.2) is 42.3 Å². The molecule has 0 unspecified atom stereocenters. The fourth-order valence-electron chi connectivity index (χ4n) is 4.56. The minimum Gasteiger partial charge on any atom is -0.392 e. The molecule has 1 aliphatic heterocycles. The van der Waals surface area contributed by atoms with Gasteiger partial charge in [-0.2, -0.15) is 0 Å². The number of urea groups is 1. The number of nitrogens with one attached hydrogen (secondary N) is 2. The molecule has 0 spiro atoms. The standard InChI is InChI=1S/C30H37N3O4/c1-4-31-30(35)32-26-16-14-25(15-17-26)29-36-27(19-33(3)21(2)23-8-6-5-7-9-23)18-28(37-29)24-12-10-22(20-34)11-13-24/h5-17,21,27-29,34H,4,18-20H2,1-3H3,(H2,31,32,35)/t21-,27-,28+,29+/m0/s1. The van der Waals surface area contributed by atoms with E-state index in [1.54, 1.807) is 0 Å². The van der Waals surface area contributed by atoms with Gasteiger partial charge in [-0.25, -0.2) is 4.79 Å². The summed E-state index contributed by atoms with van der Waals surface area (Å²) in [6, 6.07) is 26.0. The molecule has 4 atom stereocenters. The van der Waals surface area contributed by atoms with Crippen LogP contribution in [0.5, 0.6) is 0 Å². The van der Waals surface area contributed by atoms with Crippen LogP contribution in [0.3, 0.4) is 0 Å². The molecule has 1 heterocycles. The Balaban J connectivity index is 1.51. The van der Waals surface area contributed by atoms with Crippen molar-refractivity contribution in [2.45, 2.75) is 51.4 Å². The van der Waals surface area contributed by atoms with Crippen LogP contribution in [0.25, 0.3) is 0 Å². The maximum atomic E-state index is 11.9. The van der Waals surface area contributed by atoms with Gasteiger partial charge in [0, 0.05) is 36.8 Å². The Morgan fingerprint density at radius 1 is 1.00 bits per heavy atom. The average molecular weight is 504 g/mol. The van der Waals surface area contributed by atoms with Crippen molar-refractivity contribution in [1.29, 1.82) is 0 Å². The van der Waals surface area contributed by atoms with Gasteiger partial charge in [0.25, 0.3) is 0 Å². The van der Waals surface area contributed by atoms with Crippen molar-refractivity contribution in [2.75, 3.05) is 25.5 Å². The molecule has 0 radical (unpaired) electrons. The summed E-state index contributed by atoms with van der Waals surface area (Å²) in [7, 11) is 2.12. The zero-order chi connectivity index (χ0) is 26.2. The number of hydrogen-bond acceptors (Lipinski definition) is 5. The maximum Gasteiger partial charge on any atom is 0.319 e. The van der Waals surface area contributed by atoms with Crippen LogP contribution in [0.1, 0.15) is 61.0 Å². The predicted octanol–water partition coefficient (Wildman–Crippen LogP) is 5.56. The highest BCUT2D eigenvalue weighted by Crippen LogP contribution is 2.38. The summed E-state index contributed by atoms with van der Waals surface area (Å²) in [5, 5.41) is 15.0.